The fourth-order valence-corrected chi connectivity index (χ4v) is 3.55. The number of aromatic nitrogens is 1. The van der Waals surface area contributed by atoms with Gasteiger partial charge in [-0.15, -0.1) is 11.8 Å². The minimum atomic E-state index is -1.000. The lowest BCUT2D eigenvalue weighted by Crippen LogP contribution is -2.45. The van der Waals surface area contributed by atoms with Crippen molar-refractivity contribution >= 4 is 29.4 Å². The Morgan fingerprint density at radius 1 is 1.50 bits per heavy atom. The van der Waals surface area contributed by atoms with E-state index in [0.29, 0.717) is 17.7 Å². The van der Waals surface area contributed by atoms with Crippen LogP contribution in [0.5, 0.6) is 0 Å². The normalized spacial score (nSPS) is 22.0. The molecule has 1 aromatic heterocycles. The van der Waals surface area contributed by atoms with Gasteiger partial charge in [0.15, 0.2) is 5.78 Å². The number of rotatable bonds is 4. The maximum Gasteiger partial charge on any atom is 0.327 e. The van der Waals surface area contributed by atoms with E-state index in [-0.39, 0.29) is 22.8 Å². The summed E-state index contributed by atoms with van der Waals surface area (Å²) in [6.07, 6.45) is 2.15. The first-order valence-corrected chi connectivity index (χ1v) is 7.37. The van der Waals surface area contributed by atoms with Gasteiger partial charge >= 0.3 is 5.97 Å². The van der Waals surface area contributed by atoms with E-state index in [1.54, 1.807) is 0 Å². The number of nitrogens with one attached hydrogen (secondary N) is 1. The molecule has 0 aromatic carbocycles. The number of hydrogen-bond acceptors (Lipinski definition) is 4. The molecule has 6 nitrogen and oxygen atoms in total. The molecule has 1 aliphatic rings. The van der Waals surface area contributed by atoms with Crippen molar-refractivity contribution in [3.63, 3.8) is 0 Å². The zero-order chi connectivity index (χ0) is 14.9. The van der Waals surface area contributed by atoms with Crippen LogP contribution in [0.15, 0.2) is 12.3 Å². The molecule has 2 unspecified atom stereocenters. The summed E-state index contributed by atoms with van der Waals surface area (Å²) in [5.41, 5.74) is 0.669. The summed E-state index contributed by atoms with van der Waals surface area (Å²) in [5, 5.41) is 9.07. The summed E-state index contributed by atoms with van der Waals surface area (Å²) in [6.45, 7) is 3.33. The summed E-state index contributed by atoms with van der Waals surface area (Å²) in [4.78, 5) is 39.1. The molecule has 20 heavy (non-hydrogen) atoms. The molecule has 1 fully saturated rings. The Hall–Kier alpha value is -1.76. The standard InChI is InChI=1S/C13H16N2O4S/c1-3-11-15(10(6-20-11)13(18)19)12(17)9-4-8(5-14-9)7(2)16/h4-5,10-11,14H,3,6H2,1-2H3,(H,18,19). The van der Waals surface area contributed by atoms with Crippen LogP contribution in [0.3, 0.4) is 0 Å². The SMILES string of the molecule is CCC1SCC(C(=O)O)N1C(=O)c1cc(C(C)=O)c[nH]1. The molecule has 0 spiro atoms. The smallest absolute Gasteiger partial charge is 0.327 e. The van der Waals surface area contributed by atoms with Crippen LogP contribution in [0.4, 0.5) is 0 Å². The van der Waals surface area contributed by atoms with Crippen molar-refractivity contribution in [1.82, 2.24) is 9.88 Å². The minimum absolute atomic E-state index is 0.141. The van der Waals surface area contributed by atoms with Gasteiger partial charge in [0, 0.05) is 17.5 Å². The monoisotopic (exact) mass is 296 g/mol. The highest BCUT2D eigenvalue weighted by Gasteiger charge is 2.41. The van der Waals surface area contributed by atoms with E-state index in [1.165, 1.54) is 35.8 Å². The third-order valence-electron chi connectivity index (χ3n) is 3.28. The highest BCUT2D eigenvalue weighted by molar-refractivity contribution is 8.00. The lowest BCUT2D eigenvalue weighted by Gasteiger charge is -2.26. The van der Waals surface area contributed by atoms with E-state index in [9.17, 15) is 19.5 Å². The number of carbonyl (C=O) groups is 3. The van der Waals surface area contributed by atoms with Crippen LogP contribution in [0, 0.1) is 0 Å². The number of H-pyrrole nitrogens is 1. The summed E-state index contributed by atoms with van der Waals surface area (Å²) in [7, 11) is 0. The van der Waals surface area contributed by atoms with Crippen molar-refractivity contribution in [2.45, 2.75) is 31.7 Å². The number of Topliss-reactive ketones (excluding diaryl/α,β-unsaturated/α-hetero) is 1. The van der Waals surface area contributed by atoms with E-state index < -0.39 is 12.0 Å². The molecule has 0 saturated carbocycles. The Labute approximate surface area is 120 Å². The average Bonchev–Trinajstić information content (AvgIpc) is 3.04. The summed E-state index contributed by atoms with van der Waals surface area (Å²) >= 11 is 1.47. The Bertz CT molecular complexity index is 554. The molecule has 0 aliphatic carbocycles. The third-order valence-corrected chi connectivity index (χ3v) is 4.73. The van der Waals surface area contributed by atoms with E-state index in [4.69, 9.17) is 0 Å². The number of carboxylic acid groups (broad SMARTS) is 1. The molecule has 108 valence electrons. The van der Waals surface area contributed by atoms with Gasteiger partial charge in [0.05, 0.1) is 5.37 Å². The van der Waals surface area contributed by atoms with Crippen molar-refractivity contribution < 1.29 is 19.5 Å². The van der Waals surface area contributed by atoms with Crippen LogP contribution in [0.25, 0.3) is 0 Å². The van der Waals surface area contributed by atoms with Crippen molar-refractivity contribution in [1.29, 1.82) is 0 Å². The first-order valence-electron chi connectivity index (χ1n) is 6.32. The molecule has 0 bridgehead atoms. The number of thioether (sulfide) groups is 1. The molecule has 2 N–H and O–H groups in total. The van der Waals surface area contributed by atoms with Gasteiger partial charge in [-0.2, -0.15) is 0 Å². The van der Waals surface area contributed by atoms with Crippen molar-refractivity contribution in [2.24, 2.45) is 0 Å². The summed E-state index contributed by atoms with van der Waals surface area (Å²) < 4.78 is 0. The topological polar surface area (TPSA) is 90.5 Å². The van der Waals surface area contributed by atoms with Gasteiger partial charge in [-0.1, -0.05) is 6.92 Å². The Morgan fingerprint density at radius 3 is 2.70 bits per heavy atom. The van der Waals surface area contributed by atoms with Crippen LogP contribution in [0.1, 0.15) is 41.1 Å². The fraction of sp³-hybridized carbons (Fsp3) is 0.462. The molecule has 7 heteroatoms. The third kappa shape index (κ3) is 2.58. The molecule has 0 radical (unpaired) electrons. The molecule has 1 amide bonds. The Morgan fingerprint density at radius 2 is 2.20 bits per heavy atom. The zero-order valence-corrected chi connectivity index (χ0v) is 12.1. The average molecular weight is 296 g/mol. The lowest BCUT2D eigenvalue weighted by molar-refractivity contribution is -0.141. The minimum Gasteiger partial charge on any atom is -0.480 e. The van der Waals surface area contributed by atoms with E-state index in [0.717, 1.165) is 0 Å². The number of nitrogens with zero attached hydrogens (tertiary/aromatic N) is 1. The first kappa shape index (κ1) is 14.6. The van der Waals surface area contributed by atoms with Gasteiger partial charge in [0.1, 0.15) is 11.7 Å². The molecule has 1 aliphatic heterocycles. The van der Waals surface area contributed by atoms with Gasteiger partial charge in [0.25, 0.3) is 5.91 Å². The number of carboxylic acids is 1. The van der Waals surface area contributed by atoms with Gasteiger partial charge in [-0.3, -0.25) is 9.59 Å². The van der Waals surface area contributed by atoms with Crippen molar-refractivity contribution in [2.75, 3.05) is 5.75 Å². The molecule has 2 heterocycles. The molecule has 2 atom stereocenters. The van der Waals surface area contributed by atoms with Gasteiger partial charge in [-0.25, -0.2) is 4.79 Å². The second kappa shape index (κ2) is 5.70. The van der Waals surface area contributed by atoms with Gasteiger partial charge in [0.2, 0.25) is 0 Å². The zero-order valence-electron chi connectivity index (χ0n) is 11.3. The Kier molecular flexibility index (Phi) is 4.17. The lowest BCUT2D eigenvalue weighted by atomic mass is 10.2. The van der Waals surface area contributed by atoms with Crippen LogP contribution in [0.2, 0.25) is 0 Å². The summed E-state index contributed by atoms with van der Waals surface area (Å²) in [5.74, 6) is -1.13. The second-order valence-electron chi connectivity index (χ2n) is 4.62. The molecular formula is C13H16N2O4S. The molecule has 1 saturated heterocycles. The fourth-order valence-electron chi connectivity index (χ4n) is 2.20. The largest absolute Gasteiger partial charge is 0.480 e. The predicted molar refractivity (Wildman–Crippen MR) is 74.9 cm³/mol. The maximum absolute atomic E-state index is 12.5. The second-order valence-corrected chi connectivity index (χ2v) is 5.83. The number of aliphatic carboxylic acids is 1. The van der Waals surface area contributed by atoms with Crippen LogP contribution in [-0.4, -0.2) is 49.8 Å². The maximum atomic E-state index is 12.5. The number of aromatic amines is 1. The van der Waals surface area contributed by atoms with Crippen LogP contribution >= 0.6 is 11.8 Å². The predicted octanol–water partition coefficient (Wildman–Crippen LogP) is 1.60. The molecular weight excluding hydrogens is 280 g/mol. The number of amides is 1. The number of carbonyl (C=O) groups excluding carboxylic acids is 2. The molecule has 2 rings (SSSR count). The van der Waals surface area contributed by atoms with Crippen LogP contribution in [-0.2, 0) is 4.79 Å². The Balaban J connectivity index is 2.28. The van der Waals surface area contributed by atoms with E-state index in [1.807, 2.05) is 6.92 Å². The highest BCUT2D eigenvalue weighted by atomic mass is 32.2. The highest BCUT2D eigenvalue weighted by Crippen LogP contribution is 2.32. The number of ketones is 1. The van der Waals surface area contributed by atoms with Gasteiger partial charge < -0.3 is 15.0 Å². The summed E-state index contributed by atoms with van der Waals surface area (Å²) in [6, 6.07) is 0.653. The first-order chi connectivity index (χ1) is 9.45. The van der Waals surface area contributed by atoms with Crippen molar-refractivity contribution in [3.8, 4) is 0 Å². The number of hydrogen-bond donors (Lipinski definition) is 2. The van der Waals surface area contributed by atoms with E-state index in [2.05, 4.69) is 4.98 Å². The van der Waals surface area contributed by atoms with Crippen molar-refractivity contribution in [3.05, 3.63) is 23.5 Å². The quantitative estimate of drug-likeness (QED) is 0.824. The van der Waals surface area contributed by atoms with E-state index >= 15 is 0 Å². The van der Waals surface area contributed by atoms with Crippen LogP contribution < -0.4 is 0 Å². The molecule has 1 aromatic rings. The van der Waals surface area contributed by atoms with Gasteiger partial charge in [-0.05, 0) is 19.4 Å².